The third-order valence-corrected chi connectivity index (χ3v) is 4.49. The number of alkyl halides is 3. The number of halogens is 3. The van der Waals surface area contributed by atoms with Crippen molar-refractivity contribution in [1.82, 2.24) is 20.2 Å². The molecule has 3 N–H and O–H groups in total. The molecule has 1 saturated carbocycles. The average molecular weight is 348 g/mol. The first kappa shape index (κ1) is 17.4. The number of nitrogen functional groups attached to an aromatic ring is 1. The molecule has 1 heterocycles. The van der Waals surface area contributed by atoms with E-state index < -0.39 is 23.4 Å². The van der Waals surface area contributed by atoms with E-state index in [1.807, 2.05) is 0 Å². The normalized spacial score (nSPS) is 17.5. The van der Waals surface area contributed by atoms with Gasteiger partial charge in [0.05, 0.1) is 11.8 Å². The van der Waals surface area contributed by atoms with Crippen LogP contribution in [0, 0.1) is 11.3 Å². The zero-order chi connectivity index (χ0) is 17.1. The lowest BCUT2D eigenvalue weighted by atomic mass is 9.83. The molecule has 7 nitrogen and oxygen atoms in total. The van der Waals surface area contributed by atoms with E-state index in [4.69, 9.17) is 5.84 Å². The van der Waals surface area contributed by atoms with Crippen molar-refractivity contribution in [2.75, 3.05) is 11.6 Å². The van der Waals surface area contributed by atoms with Crippen LogP contribution in [0.5, 0.6) is 0 Å². The minimum absolute atomic E-state index is 0.198. The van der Waals surface area contributed by atoms with Gasteiger partial charge in [-0.25, -0.2) is 4.68 Å². The number of nitrogens with zero attached hydrogens (tertiary/aromatic N) is 4. The van der Waals surface area contributed by atoms with Gasteiger partial charge >= 0.3 is 6.18 Å². The van der Waals surface area contributed by atoms with Crippen LogP contribution >= 0.6 is 11.8 Å². The fourth-order valence-corrected chi connectivity index (χ4v) is 3.08. The monoisotopic (exact) mass is 348 g/mol. The van der Waals surface area contributed by atoms with Crippen molar-refractivity contribution in [3.05, 3.63) is 5.82 Å². The second-order valence-electron chi connectivity index (χ2n) is 5.27. The van der Waals surface area contributed by atoms with E-state index in [2.05, 4.69) is 21.6 Å². The molecule has 23 heavy (non-hydrogen) atoms. The minimum Gasteiger partial charge on any atom is -0.337 e. The lowest BCUT2D eigenvalue weighted by molar-refractivity contribution is -0.146. The van der Waals surface area contributed by atoms with E-state index in [1.54, 1.807) is 0 Å². The summed E-state index contributed by atoms with van der Waals surface area (Å²) in [6.45, 7) is 0. The van der Waals surface area contributed by atoms with Gasteiger partial charge in [-0.3, -0.25) is 4.79 Å². The topological polar surface area (TPSA) is 110 Å². The summed E-state index contributed by atoms with van der Waals surface area (Å²) in [5, 5.41) is 18.0. The molecule has 1 aromatic rings. The molecule has 0 atom stereocenters. The molecule has 1 fully saturated rings. The van der Waals surface area contributed by atoms with E-state index in [-0.39, 0.29) is 10.9 Å². The van der Waals surface area contributed by atoms with Crippen molar-refractivity contribution in [1.29, 1.82) is 5.26 Å². The van der Waals surface area contributed by atoms with Gasteiger partial charge in [0, 0.05) is 0 Å². The van der Waals surface area contributed by atoms with E-state index in [1.165, 1.54) is 0 Å². The Balaban J connectivity index is 1.95. The SMILES string of the molecule is N#CC1(NC(=O)CSc2nnc(C(F)(F)F)n2N)CCCCC1. The standard InChI is InChI=1S/C12H15F3N6OS/c13-12(14,15)9-19-20-10(21(9)17)23-6-8(22)18-11(7-16)4-2-1-3-5-11/h1-6,17H2,(H,18,22). The fourth-order valence-electron chi connectivity index (χ4n) is 2.42. The van der Waals surface area contributed by atoms with Crippen LogP contribution in [-0.4, -0.2) is 32.1 Å². The Labute approximate surface area is 134 Å². The molecule has 0 bridgehead atoms. The first-order chi connectivity index (χ1) is 10.8. The Morgan fingerprint density at radius 3 is 2.57 bits per heavy atom. The number of aromatic nitrogens is 3. The maximum Gasteiger partial charge on any atom is 0.453 e. The van der Waals surface area contributed by atoms with Crippen molar-refractivity contribution >= 4 is 17.7 Å². The van der Waals surface area contributed by atoms with Gasteiger partial charge in [0.25, 0.3) is 5.82 Å². The number of carbonyl (C=O) groups excluding carboxylic acids is 1. The molecular formula is C12H15F3N6OS. The van der Waals surface area contributed by atoms with Crippen LogP contribution in [0.4, 0.5) is 13.2 Å². The largest absolute Gasteiger partial charge is 0.453 e. The van der Waals surface area contributed by atoms with Crippen LogP contribution in [0.25, 0.3) is 0 Å². The first-order valence-corrected chi connectivity index (χ1v) is 7.89. The number of nitrogens with one attached hydrogen (secondary N) is 1. The lowest BCUT2D eigenvalue weighted by Gasteiger charge is -2.31. The quantitative estimate of drug-likeness (QED) is 0.629. The highest BCUT2D eigenvalue weighted by Gasteiger charge is 2.38. The van der Waals surface area contributed by atoms with Crippen LogP contribution in [0.1, 0.15) is 37.9 Å². The highest BCUT2D eigenvalue weighted by molar-refractivity contribution is 7.99. The molecule has 1 aliphatic carbocycles. The fraction of sp³-hybridized carbons (Fsp3) is 0.667. The van der Waals surface area contributed by atoms with Crippen molar-refractivity contribution < 1.29 is 18.0 Å². The van der Waals surface area contributed by atoms with Gasteiger partial charge in [-0.05, 0) is 12.8 Å². The Kier molecular flexibility index (Phi) is 5.03. The Bertz CT molecular complexity index is 617. The van der Waals surface area contributed by atoms with Crippen LogP contribution < -0.4 is 11.2 Å². The molecule has 11 heteroatoms. The number of rotatable bonds is 4. The molecule has 2 rings (SSSR count). The number of hydrogen-bond acceptors (Lipinski definition) is 6. The van der Waals surface area contributed by atoms with Crippen LogP contribution in [0.2, 0.25) is 0 Å². The molecule has 0 aliphatic heterocycles. The summed E-state index contributed by atoms with van der Waals surface area (Å²) in [5.41, 5.74) is -0.886. The predicted octanol–water partition coefficient (Wildman–Crippen LogP) is 1.45. The predicted molar refractivity (Wildman–Crippen MR) is 75.5 cm³/mol. The van der Waals surface area contributed by atoms with E-state index in [0.29, 0.717) is 17.5 Å². The van der Waals surface area contributed by atoms with Crippen LogP contribution in [0.15, 0.2) is 5.16 Å². The minimum atomic E-state index is -4.71. The molecule has 0 spiro atoms. The number of nitrogens with two attached hydrogens (primary N) is 1. The molecule has 1 amide bonds. The van der Waals surface area contributed by atoms with Crippen molar-refractivity contribution in [3.8, 4) is 6.07 Å². The Hall–Kier alpha value is -1.96. The van der Waals surface area contributed by atoms with Gasteiger partial charge in [0.2, 0.25) is 11.1 Å². The molecule has 0 unspecified atom stereocenters. The van der Waals surface area contributed by atoms with Crippen molar-refractivity contribution in [2.24, 2.45) is 0 Å². The van der Waals surface area contributed by atoms with E-state index in [9.17, 15) is 23.2 Å². The maximum absolute atomic E-state index is 12.5. The second-order valence-corrected chi connectivity index (χ2v) is 6.21. The molecule has 1 aliphatic rings. The average Bonchev–Trinajstić information content (AvgIpc) is 2.87. The maximum atomic E-state index is 12.5. The van der Waals surface area contributed by atoms with Gasteiger partial charge in [-0.1, -0.05) is 31.0 Å². The number of carbonyl (C=O) groups is 1. The molecule has 126 valence electrons. The zero-order valence-corrected chi connectivity index (χ0v) is 12.9. The molecule has 0 saturated heterocycles. The molecule has 0 radical (unpaired) electrons. The number of nitriles is 1. The summed E-state index contributed by atoms with van der Waals surface area (Å²) in [4.78, 5) is 12.0. The Morgan fingerprint density at radius 1 is 1.39 bits per heavy atom. The van der Waals surface area contributed by atoms with Gasteiger partial charge in [0.1, 0.15) is 5.54 Å². The summed E-state index contributed by atoms with van der Waals surface area (Å²) in [5.74, 6) is 3.30. The van der Waals surface area contributed by atoms with Crippen molar-refractivity contribution in [2.45, 2.75) is 49.0 Å². The third kappa shape index (κ3) is 4.07. The van der Waals surface area contributed by atoms with Gasteiger partial charge in [-0.2, -0.15) is 18.4 Å². The summed E-state index contributed by atoms with van der Waals surface area (Å²) < 4.78 is 37.9. The van der Waals surface area contributed by atoms with Gasteiger partial charge < -0.3 is 11.2 Å². The molecule has 0 aromatic carbocycles. The summed E-state index contributed by atoms with van der Waals surface area (Å²) in [7, 11) is 0. The molecular weight excluding hydrogens is 333 g/mol. The van der Waals surface area contributed by atoms with E-state index in [0.717, 1.165) is 31.0 Å². The summed E-state index contributed by atoms with van der Waals surface area (Å²) in [6.07, 6.45) is -0.836. The number of amides is 1. The van der Waals surface area contributed by atoms with Crippen molar-refractivity contribution in [3.63, 3.8) is 0 Å². The highest BCUT2D eigenvalue weighted by atomic mass is 32.2. The lowest BCUT2D eigenvalue weighted by Crippen LogP contribution is -2.49. The first-order valence-electron chi connectivity index (χ1n) is 6.90. The van der Waals surface area contributed by atoms with E-state index >= 15 is 0 Å². The third-order valence-electron chi connectivity index (χ3n) is 3.55. The summed E-state index contributed by atoms with van der Waals surface area (Å²) >= 11 is 0.733. The smallest absolute Gasteiger partial charge is 0.337 e. The van der Waals surface area contributed by atoms with Crippen LogP contribution in [-0.2, 0) is 11.0 Å². The molecule has 1 aromatic heterocycles. The summed E-state index contributed by atoms with van der Waals surface area (Å²) in [6, 6.07) is 2.13. The Morgan fingerprint density at radius 2 is 2.04 bits per heavy atom. The van der Waals surface area contributed by atoms with Gasteiger partial charge in [-0.15, -0.1) is 10.2 Å². The second kappa shape index (κ2) is 6.66. The van der Waals surface area contributed by atoms with Crippen LogP contribution in [0.3, 0.4) is 0 Å². The highest BCUT2D eigenvalue weighted by Crippen LogP contribution is 2.30. The number of hydrogen-bond donors (Lipinski definition) is 2. The van der Waals surface area contributed by atoms with Gasteiger partial charge in [0.15, 0.2) is 0 Å². The zero-order valence-electron chi connectivity index (χ0n) is 12.1. The number of thioether (sulfide) groups is 1.